The fourth-order valence-corrected chi connectivity index (χ4v) is 2.57. The zero-order valence-corrected chi connectivity index (χ0v) is 12.2. The summed E-state index contributed by atoms with van der Waals surface area (Å²) in [6.07, 6.45) is 5.95. The van der Waals surface area contributed by atoms with Crippen LogP contribution in [0.4, 0.5) is 11.5 Å². The smallest absolute Gasteiger partial charge is 0.127 e. The van der Waals surface area contributed by atoms with Gasteiger partial charge in [0.1, 0.15) is 5.82 Å². The van der Waals surface area contributed by atoms with Crippen LogP contribution in [0.25, 0.3) is 0 Å². The molecule has 1 atom stereocenters. The quantitative estimate of drug-likeness (QED) is 0.827. The molecule has 106 valence electrons. The van der Waals surface area contributed by atoms with Crippen LogP contribution in [-0.4, -0.2) is 42.1 Å². The number of nitrogens with zero attached hydrogens (tertiary/aromatic N) is 2. The van der Waals surface area contributed by atoms with Gasteiger partial charge in [-0.25, -0.2) is 4.98 Å². The van der Waals surface area contributed by atoms with Crippen molar-refractivity contribution in [1.29, 1.82) is 0 Å². The Labute approximate surface area is 116 Å². The van der Waals surface area contributed by atoms with Gasteiger partial charge < -0.3 is 10.6 Å². The first-order chi connectivity index (χ1) is 9.29. The third-order valence-electron chi connectivity index (χ3n) is 3.73. The summed E-state index contributed by atoms with van der Waals surface area (Å²) >= 11 is 0. The van der Waals surface area contributed by atoms with E-state index in [2.05, 4.69) is 40.4 Å². The highest BCUT2D eigenvalue weighted by atomic mass is 15.2. The second kappa shape index (κ2) is 7.34. The molecule has 4 nitrogen and oxygen atoms in total. The molecule has 2 rings (SSSR count). The average molecular weight is 262 g/mol. The minimum atomic E-state index is 0.594. The van der Waals surface area contributed by atoms with Crippen LogP contribution in [0, 0.1) is 0 Å². The average Bonchev–Trinajstić information content (AvgIpc) is 2.46. The largest absolute Gasteiger partial charge is 0.383 e. The fraction of sp³-hybridized carbons (Fsp3) is 0.667. The maximum absolute atomic E-state index is 4.28. The topological polar surface area (TPSA) is 40.2 Å². The Morgan fingerprint density at radius 1 is 1.26 bits per heavy atom. The molecule has 1 aliphatic heterocycles. The summed E-state index contributed by atoms with van der Waals surface area (Å²) in [7, 11) is 0. The highest BCUT2D eigenvalue weighted by Gasteiger charge is 2.16. The Morgan fingerprint density at radius 3 is 2.79 bits per heavy atom. The first-order valence-electron chi connectivity index (χ1n) is 7.47. The number of pyridine rings is 1. The Kier molecular flexibility index (Phi) is 5.45. The van der Waals surface area contributed by atoms with E-state index in [1.807, 2.05) is 12.3 Å². The molecule has 0 aliphatic carbocycles. The van der Waals surface area contributed by atoms with Crippen molar-refractivity contribution in [1.82, 2.24) is 9.88 Å². The van der Waals surface area contributed by atoms with E-state index in [9.17, 15) is 0 Å². The van der Waals surface area contributed by atoms with Crippen LogP contribution in [0.1, 0.15) is 33.1 Å². The normalized spacial score (nSPS) is 18.0. The highest BCUT2D eigenvalue weighted by molar-refractivity contribution is 5.51. The molecular weight excluding hydrogens is 236 g/mol. The van der Waals surface area contributed by atoms with E-state index in [1.54, 1.807) is 0 Å². The van der Waals surface area contributed by atoms with Crippen LogP contribution in [0.15, 0.2) is 18.3 Å². The molecule has 0 amide bonds. The van der Waals surface area contributed by atoms with Crippen molar-refractivity contribution < 1.29 is 0 Å². The van der Waals surface area contributed by atoms with Crippen LogP contribution in [0.2, 0.25) is 0 Å². The second-order valence-electron chi connectivity index (χ2n) is 5.29. The van der Waals surface area contributed by atoms with E-state index in [1.165, 1.54) is 32.4 Å². The number of anilines is 2. The maximum atomic E-state index is 4.28. The predicted molar refractivity (Wildman–Crippen MR) is 81.8 cm³/mol. The van der Waals surface area contributed by atoms with Crippen molar-refractivity contribution in [2.24, 2.45) is 0 Å². The van der Waals surface area contributed by atoms with Crippen LogP contribution < -0.4 is 10.6 Å². The molecule has 0 aromatic carbocycles. The van der Waals surface area contributed by atoms with Gasteiger partial charge in [-0.15, -0.1) is 0 Å². The molecule has 1 aromatic rings. The van der Waals surface area contributed by atoms with E-state index in [4.69, 9.17) is 0 Å². The molecule has 0 radical (unpaired) electrons. The molecule has 2 N–H and O–H groups in total. The van der Waals surface area contributed by atoms with Crippen molar-refractivity contribution in [2.75, 3.05) is 36.8 Å². The van der Waals surface area contributed by atoms with Gasteiger partial charge >= 0.3 is 0 Å². The minimum absolute atomic E-state index is 0.594. The summed E-state index contributed by atoms with van der Waals surface area (Å²) in [6.45, 7) is 8.80. The Hall–Kier alpha value is -1.29. The molecule has 19 heavy (non-hydrogen) atoms. The summed E-state index contributed by atoms with van der Waals surface area (Å²) < 4.78 is 0. The molecule has 1 saturated heterocycles. The van der Waals surface area contributed by atoms with E-state index in [0.717, 1.165) is 24.6 Å². The lowest BCUT2D eigenvalue weighted by molar-refractivity contribution is 0.180. The lowest BCUT2D eigenvalue weighted by Gasteiger charge is -2.32. The van der Waals surface area contributed by atoms with Crippen molar-refractivity contribution in [3.8, 4) is 0 Å². The van der Waals surface area contributed by atoms with Crippen molar-refractivity contribution in [3.05, 3.63) is 18.3 Å². The number of aromatic nitrogens is 1. The van der Waals surface area contributed by atoms with Gasteiger partial charge in [0.25, 0.3) is 0 Å². The van der Waals surface area contributed by atoms with Gasteiger partial charge in [-0.3, -0.25) is 4.90 Å². The van der Waals surface area contributed by atoms with Gasteiger partial charge in [-0.1, -0.05) is 6.42 Å². The summed E-state index contributed by atoms with van der Waals surface area (Å²) in [5.41, 5.74) is 1.15. The van der Waals surface area contributed by atoms with Crippen LogP contribution in [0.5, 0.6) is 0 Å². The summed E-state index contributed by atoms with van der Waals surface area (Å²) in [6, 6.07) is 4.70. The SMILES string of the molecule is CCNc1cc(NCC(C)N2CCCCC2)ccn1. The van der Waals surface area contributed by atoms with Gasteiger partial charge in [0.2, 0.25) is 0 Å². The lowest BCUT2D eigenvalue weighted by Crippen LogP contribution is -2.41. The zero-order valence-electron chi connectivity index (χ0n) is 12.2. The molecule has 0 saturated carbocycles. The van der Waals surface area contributed by atoms with Gasteiger partial charge in [-0.05, 0) is 45.8 Å². The number of piperidine rings is 1. The number of likely N-dealkylation sites (tertiary alicyclic amines) is 1. The van der Waals surface area contributed by atoms with E-state index in [0.29, 0.717) is 6.04 Å². The standard InChI is InChI=1S/C15H26N4/c1-3-16-15-11-14(7-8-17-15)18-12-13(2)19-9-5-4-6-10-19/h7-8,11,13H,3-6,9-10,12H2,1-2H3,(H2,16,17,18). The summed E-state index contributed by atoms with van der Waals surface area (Å²) in [5, 5.41) is 6.76. The Bertz CT molecular complexity index is 374. The van der Waals surface area contributed by atoms with Gasteiger partial charge in [0.15, 0.2) is 0 Å². The van der Waals surface area contributed by atoms with Crippen LogP contribution >= 0.6 is 0 Å². The van der Waals surface area contributed by atoms with Gasteiger partial charge in [-0.2, -0.15) is 0 Å². The van der Waals surface area contributed by atoms with Crippen LogP contribution in [-0.2, 0) is 0 Å². The first kappa shape index (κ1) is 14.1. The van der Waals surface area contributed by atoms with E-state index >= 15 is 0 Å². The third-order valence-corrected chi connectivity index (χ3v) is 3.73. The summed E-state index contributed by atoms with van der Waals surface area (Å²) in [4.78, 5) is 6.87. The number of nitrogens with one attached hydrogen (secondary N) is 2. The molecule has 1 fully saturated rings. The number of hydrogen-bond donors (Lipinski definition) is 2. The van der Waals surface area contributed by atoms with Crippen LogP contribution in [0.3, 0.4) is 0 Å². The van der Waals surface area contributed by atoms with Crippen molar-refractivity contribution >= 4 is 11.5 Å². The second-order valence-corrected chi connectivity index (χ2v) is 5.29. The molecule has 1 aliphatic rings. The van der Waals surface area contributed by atoms with Crippen molar-refractivity contribution in [2.45, 2.75) is 39.2 Å². The molecule has 1 aromatic heterocycles. The monoisotopic (exact) mass is 262 g/mol. The molecule has 0 bridgehead atoms. The molecule has 2 heterocycles. The van der Waals surface area contributed by atoms with E-state index < -0.39 is 0 Å². The lowest BCUT2D eigenvalue weighted by atomic mass is 10.1. The maximum Gasteiger partial charge on any atom is 0.127 e. The van der Waals surface area contributed by atoms with Gasteiger partial charge in [0, 0.05) is 37.1 Å². The molecule has 1 unspecified atom stereocenters. The third kappa shape index (κ3) is 4.39. The number of rotatable bonds is 6. The fourth-order valence-electron chi connectivity index (χ4n) is 2.57. The Morgan fingerprint density at radius 2 is 2.05 bits per heavy atom. The number of hydrogen-bond acceptors (Lipinski definition) is 4. The van der Waals surface area contributed by atoms with Crippen molar-refractivity contribution in [3.63, 3.8) is 0 Å². The first-order valence-corrected chi connectivity index (χ1v) is 7.47. The zero-order chi connectivity index (χ0) is 13.5. The molecule has 0 spiro atoms. The van der Waals surface area contributed by atoms with Gasteiger partial charge in [0.05, 0.1) is 0 Å². The van der Waals surface area contributed by atoms with E-state index in [-0.39, 0.29) is 0 Å². The Balaban J connectivity index is 1.82. The molecular formula is C15H26N4. The minimum Gasteiger partial charge on any atom is -0.383 e. The highest BCUT2D eigenvalue weighted by Crippen LogP contribution is 2.14. The molecule has 4 heteroatoms. The predicted octanol–water partition coefficient (Wildman–Crippen LogP) is 2.80. The summed E-state index contributed by atoms with van der Waals surface area (Å²) in [5.74, 6) is 0.943.